The molecule has 2 N–H and O–H groups in total. The molecule has 1 unspecified atom stereocenters. The maximum atomic E-state index is 11.8. The summed E-state index contributed by atoms with van der Waals surface area (Å²) in [6.45, 7) is 1.39. The summed E-state index contributed by atoms with van der Waals surface area (Å²) in [7, 11) is 1.60. The molecule has 0 spiro atoms. The number of para-hydroxylation sites is 1. The monoisotopic (exact) mass is 246 g/mol. The van der Waals surface area contributed by atoms with Crippen LogP contribution >= 0.6 is 0 Å². The SMILES string of the molecule is COc1cccc2cc(C3NCCNC3=O)oc12. The van der Waals surface area contributed by atoms with Crippen molar-refractivity contribution in [2.45, 2.75) is 6.04 Å². The topological polar surface area (TPSA) is 63.5 Å². The van der Waals surface area contributed by atoms with E-state index in [1.807, 2.05) is 24.3 Å². The number of benzene rings is 1. The zero-order valence-electron chi connectivity index (χ0n) is 10.0. The normalized spacial score (nSPS) is 19.8. The van der Waals surface area contributed by atoms with Crippen LogP contribution in [0.25, 0.3) is 11.0 Å². The quantitative estimate of drug-likeness (QED) is 0.835. The first-order valence-electron chi connectivity index (χ1n) is 5.87. The molecule has 3 rings (SSSR count). The van der Waals surface area contributed by atoms with Crippen molar-refractivity contribution < 1.29 is 13.9 Å². The zero-order chi connectivity index (χ0) is 12.5. The molecule has 5 nitrogen and oxygen atoms in total. The van der Waals surface area contributed by atoms with E-state index in [0.29, 0.717) is 23.6 Å². The highest BCUT2D eigenvalue weighted by molar-refractivity contribution is 5.88. The zero-order valence-corrected chi connectivity index (χ0v) is 10.0. The first kappa shape index (κ1) is 11.1. The van der Waals surface area contributed by atoms with Crippen LogP contribution in [0.15, 0.2) is 28.7 Å². The first-order chi connectivity index (χ1) is 8.79. The number of furan rings is 1. The average molecular weight is 246 g/mol. The van der Waals surface area contributed by atoms with Crippen molar-refractivity contribution in [1.82, 2.24) is 10.6 Å². The highest BCUT2D eigenvalue weighted by Gasteiger charge is 2.26. The fraction of sp³-hybridized carbons (Fsp3) is 0.308. The van der Waals surface area contributed by atoms with Crippen LogP contribution in [0.2, 0.25) is 0 Å². The van der Waals surface area contributed by atoms with E-state index in [-0.39, 0.29) is 5.91 Å². The molecule has 18 heavy (non-hydrogen) atoms. The fourth-order valence-corrected chi connectivity index (χ4v) is 2.19. The molecule has 2 heterocycles. The Morgan fingerprint density at radius 3 is 3.06 bits per heavy atom. The van der Waals surface area contributed by atoms with Gasteiger partial charge in [-0.3, -0.25) is 10.1 Å². The summed E-state index contributed by atoms with van der Waals surface area (Å²) in [5.74, 6) is 1.24. The van der Waals surface area contributed by atoms with Gasteiger partial charge in [-0.25, -0.2) is 0 Å². The van der Waals surface area contributed by atoms with Gasteiger partial charge in [-0.1, -0.05) is 12.1 Å². The third kappa shape index (κ3) is 1.73. The minimum absolute atomic E-state index is 0.0562. The molecule has 1 aliphatic heterocycles. The van der Waals surface area contributed by atoms with Gasteiger partial charge in [-0.15, -0.1) is 0 Å². The van der Waals surface area contributed by atoms with Gasteiger partial charge in [-0.2, -0.15) is 0 Å². The number of fused-ring (bicyclic) bond motifs is 1. The number of carbonyl (C=O) groups is 1. The molecule has 1 aromatic carbocycles. The second-order valence-electron chi connectivity index (χ2n) is 4.21. The van der Waals surface area contributed by atoms with Gasteiger partial charge in [0.15, 0.2) is 11.3 Å². The van der Waals surface area contributed by atoms with Crippen LogP contribution in [0, 0.1) is 0 Å². The van der Waals surface area contributed by atoms with E-state index in [1.54, 1.807) is 7.11 Å². The molecule has 0 saturated carbocycles. The van der Waals surface area contributed by atoms with Crippen LogP contribution in [0.4, 0.5) is 0 Å². The maximum Gasteiger partial charge on any atom is 0.245 e. The molecule has 1 saturated heterocycles. The standard InChI is InChI=1S/C13H14N2O3/c1-17-9-4-2-3-8-7-10(18-12(8)9)11-13(16)15-6-5-14-11/h2-4,7,11,14H,5-6H2,1H3,(H,15,16). The van der Waals surface area contributed by atoms with E-state index in [9.17, 15) is 4.79 Å². The summed E-state index contributed by atoms with van der Waals surface area (Å²) in [4.78, 5) is 11.8. The molecular formula is C13H14N2O3. The van der Waals surface area contributed by atoms with Crippen molar-refractivity contribution >= 4 is 16.9 Å². The lowest BCUT2D eigenvalue weighted by Crippen LogP contribution is -2.47. The van der Waals surface area contributed by atoms with Crippen LogP contribution in [-0.2, 0) is 4.79 Å². The van der Waals surface area contributed by atoms with Gasteiger partial charge in [0.25, 0.3) is 0 Å². The predicted octanol–water partition coefficient (Wildman–Crippen LogP) is 1.20. The molecular weight excluding hydrogens is 232 g/mol. The minimum atomic E-state index is -0.421. The number of methoxy groups -OCH3 is 1. The number of hydrogen-bond donors (Lipinski definition) is 2. The Labute approximate surface area is 104 Å². The highest BCUT2D eigenvalue weighted by Crippen LogP contribution is 2.31. The summed E-state index contributed by atoms with van der Waals surface area (Å²) >= 11 is 0. The second kappa shape index (κ2) is 4.34. The second-order valence-corrected chi connectivity index (χ2v) is 4.21. The van der Waals surface area contributed by atoms with Crippen LogP contribution in [0.5, 0.6) is 5.75 Å². The van der Waals surface area contributed by atoms with Crippen LogP contribution < -0.4 is 15.4 Å². The van der Waals surface area contributed by atoms with E-state index >= 15 is 0 Å². The Bertz CT molecular complexity index is 591. The lowest BCUT2D eigenvalue weighted by molar-refractivity contribution is -0.124. The molecule has 1 atom stereocenters. The van der Waals surface area contributed by atoms with E-state index in [2.05, 4.69) is 10.6 Å². The third-order valence-electron chi connectivity index (χ3n) is 3.07. The Morgan fingerprint density at radius 1 is 1.39 bits per heavy atom. The van der Waals surface area contributed by atoms with E-state index in [1.165, 1.54) is 0 Å². The number of carbonyl (C=O) groups excluding carboxylic acids is 1. The van der Waals surface area contributed by atoms with Crippen molar-refractivity contribution in [3.8, 4) is 5.75 Å². The molecule has 0 radical (unpaired) electrons. The predicted molar refractivity (Wildman–Crippen MR) is 66.5 cm³/mol. The van der Waals surface area contributed by atoms with Gasteiger partial charge >= 0.3 is 0 Å². The fourth-order valence-electron chi connectivity index (χ4n) is 2.19. The van der Waals surface area contributed by atoms with Gasteiger partial charge in [0.1, 0.15) is 11.8 Å². The molecule has 0 aliphatic carbocycles. The smallest absolute Gasteiger partial charge is 0.245 e. The Kier molecular flexibility index (Phi) is 2.68. The van der Waals surface area contributed by atoms with Crippen molar-refractivity contribution in [1.29, 1.82) is 0 Å². The van der Waals surface area contributed by atoms with Crippen molar-refractivity contribution in [3.05, 3.63) is 30.0 Å². The van der Waals surface area contributed by atoms with Gasteiger partial charge in [0.05, 0.1) is 7.11 Å². The van der Waals surface area contributed by atoms with Crippen LogP contribution in [0.3, 0.4) is 0 Å². The Hall–Kier alpha value is -2.01. The van der Waals surface area contributed by atoms with Crippen molar-refractivity contribution in [2.24, 2.45) is 0 Å². The van der Waals surface area contributed by atoms with Gasteiger partial charge in [0, 0.05) is 18.5 Å². The molecule has 0 bridgehead atoms. The number of amides is 1. The largest absolute Gasteiger partial charge is 0.493 e. The molecule has 1 aromatic heterocycles. The van der Waals surface area contributed by atoms with Crippen LogP contribution in [0.1, 0.15) is 11.8 Å². The lowest BCUT2D eigenvalue weighted by Gasteiger charge is -2.21. The number of rotatable bonds is 2. The van der Waals surface area contributed by atoms with Crippen molar-refractivity contribution in [2.75, 3.05) is 20.2 Å². The number of piperazine rings is 1. The summed E-state index contributed by atoms with van der Waals surface area (Å²) in [6, 6.07) is 7.13. The summed E-state index contributed by atoms with van der Waals surface area (Å²) < 4.78 is 11.0. The summed E-state index contributed by atoms with van der Waals surface area (Å²) in [5, 5.41) is 6.88. The minimum Gasteiger partial charge on any atom is -0.493 e. The average Bonchev–Trinajstić information content (AvgIpc) is 2.82. The first-order valence-corrected chi connectivity index (χ1v) is 5.87. The molecule has 94 valence electrons. The molecule has 1 fully saturated rings. The lowest BCUT2D eigenvalue weighted by atomic mass is 10.1. The molecule has 1 amide bonds. The molecule has 5 heteroatoms. The Balaban J connectivity index is 2.05. The summed E-state index contributed by atoms with van der Waals surface area (Å²) in [6.07, 6.45) is 0. The molecule has 2 aromatic rings. The third-order valence-corrected chi connectivity index (χ3v) is 3.07. The van der Waals surface area contributed by atoms with E-state index < -0.39 is 6.04 Å². The number of ether oxygens (including phenoxy) is 1. The number of hydrogen-bond acceptors (Lipinski definition) is 4. The molecule has 1 aliphatic rings. The highest BCUT2D eigenvalue weighted by atomic mass is 16.5. The van der Waals surface area contributed by atoms with E-state index in [4.69, 9.17) is 9.15 Å². The summed E-state index contributed by atoms with van der Waals surface area (Å²) in [5.41, 5.74) is 0.676. The van der Waals surface area contributed by atoms with Gasteiger partial charge < -0.3 is 14.5 Å². The van der Waals surface area contributed by atoms with Gasteiger partial charge in [0.2, 0.25) is 5.91 Å². The van der Waals surface area contributed by atoms with Gasteiger partial charge in [-0.05, 0) is 12.1 Å². The van der Waals surface area contributed by atoms with Crippen LogP contribution in [-0.4, -0.2) is 26.1 Å². The van der Waals surface area contributed by atoms with E-state index in [0.717, 1.165) is 11.9 Å². The maximum absolute atomic E-state index is 11.8. The number of nitrogens with one attached hydrogen (secondary N) is 2. The Morgan fingerprint density at radius 2 is 2.28 bits per heavy atom. The van der Waals surface area contributed by atoms with Crippen molar-refractivity contribution in [3.63, 3.8) is 0 Å².